The smallest absolute Gasteiger partial charge is 0.325 e. The molecule has 0 radical (unpaired) electrons. The van der Waals surface area contributed by atoms with Crippen molar-refractivity contribution >= 4 is 16.9 Å². The Balaban J connectivity index is 1.87. The van der Waals surface area contributed by atoms with Gasteiger partial charge in [-0.3, -0.25) is 4.79 Å². The first-order chi connectivity index (χ1) is 12.1. The minimum Gasteiger partial charge on any atom is -0.468 e. The van der Waals surface area contributed by atoms with Crippen LogP contribution in [0.15, 0.2) is 54.7 Å². The number of benzene rings is 2. The number of aromatic nitrogens is 1. The van der Waals surface area contributed by atoms with Gasteiger partial charge in [0.2, 0.25) is 0 Å². The van der Waals surface area contributed by atoms with Gasteiger partial charge >= 0.3 is 5.97 Å². The van der Waals surface area contributed by atoms with E-state index in [4.69, 9.17) is 4.74 Å². The number of ether oxygens (including phenoxy) is 1. The van der Waals surface area contributed by atoms with Gasteiger partial charge in [-0.15, -0.1) is 0 Å². The van der Waals surface area contributed by atoms with Crippen LogP contribution in [0.1, 0.15) is 36.0 Å². The number of esters is 1. The molecule has 4 rings (SSSR count). The van der Waals surface area contributed by atoms with Gasteiger partial charge in [-0.2, -0.15) is 0 Å². The van der Waals surface area contributed by atoms with Gasteiger partial charge in [-0.25, -0.2) is 0 Å². The Labute approximate surface area is 148 Å². The lowest BCUT2D eigenvalue weighted by Crippen LogP contribution is -2.35. The van der Waals surface area contributed by atoms with Crippen LogP contribution < -0.4 is 0 Å². The molecule has 0 N–H and O–H groups in total. The van der Waals surface area contributed by atoms with E-state index in [1.807, 2.05) is 10.6 Å². The molecular weight excluding hydrogens is 310 g/mol. The van der Waals surface area contributed by atoms with Crippen molar-refractivity contribution in [1.82, 2.24) is 4.57 Å². The van der Waals surface area contributed by atoms with Crippen LogP contribution in [0.3, 0.4) is 0 Å². The van der Waals surface area contributed by atoms with E-state index < -0.39 is 0 Å². The van der Waals surface area contributed by atoms with Gasteiger partial charge in [-0.05, 0) is 37.0 Å². The molecule has 0 amide bonds. The number of carbonyl (C=O) groups is 1. The van der Waals surface area contributed by atoms with E-state index in [2.05, 4.69) is 55.6 Å². The second-order valence-electron chi connectivity index (χ2n) is 7.07. The van der Waals surface area contributed by atoms with Crippen molar-refractivity contribution in [3.8, 4) is 0 Å². The lowest BCUT2D eigenvalue weighted by molar-refractivity contribution is -0.141. The largest absolute Gasteiger partial charge is 0.468 e. The van der Waals surface area contributed by atoms with Gasteiger partial charge in [0, 0.05) is 22.5 Å². The zero-order valence-electron chi connectivity index (χ0n) is 14.8. The molecule has 0 aliphatic heterocycles. The van der Waals surface area contributed by atoms with Crippen LogP contribution in [0.4, 0.5) is 0 Å². The number of rotatable bonds is 4. The van der Waals surface area contributed by atoms with E-state index in [0.29, 0.717) is 0 Å². The quantitative estimate of drug-likeness (QED) is 0.654. The van der Waals surface area contributed by atoms with Crippen LogP contribution in [0, 0.1) is 6.92 Å². The lowest BCUT2D eigenvalue weighted by atomic mass is 9.60. The monoisotopic (exact) mass is 333 g/mol. The van der Waals surface area contributed by atoms with Crippen LogP contribution in [0.5, 0.6) is 0 Å². The normalized spacial score (nSPS) is 15.8. The van der Waals surface area contributed by atoms with Crippen LogP contribution in [0.2, 0.25) is 0 Å². The molecule has 1 aromatic heterocycles. The maximum atomic E-state index is 11.8. The van der Waals surface area contributed by atoms with Gasteiger partial charge < -0.3 is 9.30 Å². The summed E-state index contributed by atoms with van der Waals surface area (Å²) in [6, 6.07) is 17.3. The molecule has 1 saturated carbocycles. The minimum absolute atomic E-state index is 0.0642. The third-order valence-electron chi connectivity index (χ3n) is 5.64. The number of hydrogen-bond acceptors (Lipinski definition) is 2. The first-order valence-corrected chi connectivity index (χ1v) is 8.86. The zero-order chi connectivity index (χ0) is 17.4. The van der Waals surface area contributed by atoms with Crippen molar-refractivity contribution in [2.75, 3.05) is 7.11 Å². The van der Waals surface area contributed by atoms with E-state index in [1.54, 1.807) is 0 Å². The second kappa shape index (κ2) is 6.07. The molecule has 2 aromatic carbocycles. The molecule has 1 aliphatic rings. The molecule has 0 bridgehead atoms. The standard InChI is InChI=1S/C22H23NO2/c1-16-8-10-17(11-9-16)22(12-5-13-22)19-14-23(15-21(24)25-2)20-7-4-3-6-18(19)20/h3-4,6-11,14H,5,12-13,15H2,1-2H3. The highest BCUT2D eigenvalue weighted by Crippen LogP contribution is 2.51. The zero-order valence-corrected chi connectivity index (χ0v) is 14.8. The average Bonchev–Trinajstić information content (AvgIpc) is 2.95. The second-order valence-corrected chi connectivity index (χ2v) is 7.07. The van der Waals surface area contributed by atoms with Crippen LogP contribution in [-0.4, -0.2) is 17.6 Å². The number of para-hydroxylation sites is 1. The number of carbonyl (C=O) groups excluding carboxylic acids is 1. The number of methoxy groups -OCH3 is 1. The topological polar surface area (TPSA) is 31.2 Å². The molecule has 25 heavy (non-hydrogen) atoms. The van der Waals surface area contributed by atoms with Crippen molar-refractivity contribution in [3.63, 3.8) is 0 Å². The van der Waals surface area contributed by atoms with Crippen molar-refractivity contribution in [2.24, 2.45) is 0 Å². The maximum absolute atomic E-state index is 11.8. The van der Waals surface area contributed by atoms with Crippen molar-refractivity contribution in [2.45, 2.75) is 38.1 Å². The number of fused-ring (bicyclic) bond motifs is 1. The SMILES string of the molecule is COC(=O)Cn1cc(C2(c3ccc(C)cc3)CCC2)c2ccccc21. The Bertz CT molecular complexity index is 917. The number of nitrogens with zero attached hydrogens (tertiary/aromatic N) is 1. The van der Waals surface area contributed by atoms with Gasteiger partial charge in [0.1, 0.15) is 6.54 Å². The summed E-state index contributed by atoms with van der Waals surface area (Å²) in [5.74, 6) is -0.217. The molecule has 128 valence electrons. The number of hydrogen-bond donors (Lipinski definition) is 0. The fourth-order valence-electron chi connectivity index (χ4n) is 4.08. The molecule has 0 spiro atoms. The average molecular weight is 333 g/mol. The molecular formula is C22H23NO2. The molecule has 1 heterocycles. The first-order valence-electron chi connectivity index (χ1n) is 8.86. The molecule has 3 nitrogen and oxygen atoms in total. The summed E-state index contributed by atoms with van der Waals surface area (Å²) >= 11 is 0. The first kappa shape index (κ1) is 15.9. The Morgan fingerprint density at radius 1 is 1.12 bits per heavy atom. The minimum atomic E-state index is -0.217. The molecule has 0 atom stereocenters. The maximum Gasteiger partial charge on any atom is 0.325 e. The van der Waals surface area contributed by atoms with E-state index in [-0.39, 0.29) is 17.9 Å². The summed E-state index contributed by atoms with van der Waals surface area (Å²) in [7, 11) is 1.44. The molecule has 1 fully saturated rings. The third kappa shape index (κ3) is 2.55. The Morgan fingerprint density at radius 3 is 2.48 bits per heavy atom. The molecule has 3 aromatic rings. The Morgan fingerprint density at radius 2 is 1.84 bits per heavy atom. The lowest BCUT2D eigenvalue weighted by Gasteiger charge is -2.43. The Hall–Kier alpha value is -2.55. The van der Waals surface area contributed by atoms with Gasteiger partial charge in [0.25, 0.3) is 0 Å². The predicted molar refractivity (Wildman–Crippen MR) is 99.8 cm³/mol. The van der Waals surface area contributed by atoms with Crippen LogP contribution in [0.25, 0.3) is 10.9 Å². The summed E-state index contributed by atoms with van der Waals surface area (Å²) in [4.78, 5) is 11.8. The van der Waals surface area contributed by atoms with Crippen molar-refractivity contribution < 1.29 is 9.53 Å². The van der Waals surface area contributed by atoms with E-state index in [1.165, 1.54) is 35.6 Å². The highest BCUT2D eigenvalue weighted by atomic mass is 16.5. The van der Waals surface area contributed by atoms with Crippen LogP contribution in [-0.2, 0) is 21.5 Å². The summed E-state index contributed by atoms with van der Waals surface area (Å²) in [5, 5.41) is 1.24. The fraction of sp³-hybridized carbons (Fsp3) is 0.318. The number of aryl methyl sites for hydroxylation is 1. The van der Waals surface area contributed by atoms with Crippen LogP contribution >= 0.6 is 0 Å². The van der Waals surface area contributed by atoms with E-state index in [9.17, 15) is 4.79 Å². The molecule has 0 saturated heterocycles. The highest BCUT2D eigenvalue weighted by Gasteiger charge is 2.42. The van der Waals surface area contributed by atoms with E-state index in [0.717, 1.165) is 18.4 Å². The predicted octanol–water partition coefficient (Wildman–Crippen LogP) is 4.59. The summed E-state index contributed by atoms with van der Waals surface area (Å²) in [5.41, 5.74) is 5.16. The fourth-order valence-corrected chi connectivity index (χ4v) is 4.08. The molecule has 3 heteroatoms. The van der Waals surface area contributed by atoms with Gasteiger partial charge in [0.15, 0.2) is 0 Å². The van der Waals surface area contributed by atoms with Crippen molar-refractivity contribution in [3.05, 3.63) is 71.4 Å². The molecule has 1 aliphatic carbocycles. The summed E-state index contributed by atoms with van der Waals surface area (Å²) in [6.45, 7) is 2.38. The van der Waals surface area contributed by atoms with Gasteiger partial charge in [-0.1, -0.05) is 54.4 Å². The van der Waals surface area contributed by atoms with Crippen molar-refractivity contribution in [1.29, 1.82) is 0 Å². The highest BCUT2D eigenvalue weighted by molar-refractivity contribution is 5.87. The third-order valence-corrected chi connectivity index (χ3v) is 5.64. The Kier molecular flexibility index (Phi) is 3.87. The molecule has 0 unspecified atom stereocenters. The summed E-state index contributed by atoms with van der Waals surface area (Å²) in [6.07, 6.45) is 5.72. The summed E-state index contributed by atoms with van der Waals surface area (Å²) < 4.78 is 6.91. The van der Waals surface area contributed by atoms with Gasteiger partial charge in [0.05, 0.1) is 7.11 Å². The van der Waals surface area contributed by atoms with E-state index >= 15 is 0 Å².